The van der Waals surface area contributed by atoms with Gasteiger partial charge in [-0.15, -0.1) is 0 Å². The maximum Gasteiger partial charge on any atom is 0.230 e. The molecule has 0 bridgehead atoms. The van der Waals surface area contributed by atoms with Gasteiger partial charge < -0.3 is 19.4 Å². The van der Waals surface area contributed by atoms with Crippen LogP contribution in [0.15, 0.2) is 48.5 Å². The predicted molar refractivity (Wildman–Crippen MR) is 121 cm³/mol. The van der Waals surface area contributed by atoms with Crippen LogP contribution in [-0.4, -0.2) is 62.0 Å². The highest BCUT2D eigenvalue weighted by Gasteiger charge is 2.34. The summed E-state index contributed by atoms with van der Waals surface area (Å²) in [4.78, 5) is 31.6. The molecule has 0 aromatic heterocycles. The lowest BCUT2D eigenvalue weighted by Gasteiger charge is -2.32. The minimum absolute atomic E-state index is 0.136. The molecule has 2 aromatic carbocycles. The van der Waals surface area contributed by atoms with Gasteiger partial charge in [-0.2, -0.15) is 0 Å². The number of piperazine rings is 1. The van der Waals surface area contributed by atoms with E-state index in [0.717, 1.165) is 61.6 Å². The average Bonchev–Trinajstić information content (AvgIpc) is 3.64. The smallest absolute Gasteiger partial charge is 0.230 e. The fraction of sp³-hybridized carbons (Fsp3) is 0.440. The lowest BCUT2D eigenvalue weighted by atomic mass is 10.1. The SMILES string of the molecule is COc1ccc(CN(C(=O)C2CC2)c2ccc(CC(=O)N3CCN(C)CC3)cc2)cc1. The maximum absolute atomic E-state index is 13.0. The first-order chi connectivity index (χ1) is 15.0. The Morgan fingerprint density at radius 3 is 2.13 bits per heavy atom. The molecule has 1 saturated carbocycles. The van der Waals surface area contributed by atoms with Crippen LogP contribution in [0.25, 0.3) is 0 Å². The zero-order valence-electron chi connectivity index (χ0n) is 18.4. The number of methoxy groups -OCH3 is 1. The molecule has 4 rings (SSSR count). The van der Waals surface area contributed by atoms with Crippen molar-refractivity contribution < 1.29 is 14.3 Å². The van der Waals surface area contributed by atoms with Crippen molar-refractivity contribution in [2.24, 2.45) is 5.92 Å². The van der Waals surface area contributed by atoms with Crippen molar-refractivity contribution in [3.63, 3.8) is 0 Å². The number of benzene rings is 2. The zero-order valence-corrected chi connectivity index (χ0v) is 18.4. The summed E-state index contributed by atoms with van der Waals surface area (Å²) in [6.45, 7) is 3.96. The molecule has 164 valence electrons. The summed E-state index contributed by atoms with van der Waals surface area (Å²) in [6.07, 6.45) is 2.34. The minimum atomic E-state index is 0.136. The topological polar surface area (TPSA) is 53.1 Å². The lowest BCUT2D eigenvalue weighted by Crippen LogP contribution is -2.47. The number of hydrogen-bond acceptors (Lipinski definition) is 4. The van der Waals surface area contributed by atoms with Gasteiger partial charge in [0.25, 0.3) is 0 Å². The summed E-state index contributed by atoms with van der Waals surface area (Å²) < 4.78 is 5.23. The number of rotatable bonds is 7. The van der Waals surface area contributed by atoms with E-state index in [-0.39, 0.29) is 17.7 Å². The molecule has 6 nitrogen and oxygen atoms in total. The number of nitrogens with zero attached hydrogens (tertiary/aromatic N) is 3. The molecule has 2 aromatic rings. The van der Waals surface area contributed by atoms with E-state index in [1.807, 2.05) is 58.3 Å². The Morgan fingerprint density at radius 2 is 1.55 bits per heavy atom. The number of carbonyl (C=O) groups is 2. The fourth-order valence-corrected chi connectivity index (χ4v) is 3.90. The normalized spacial score (nSPS) is 16.8. The van der Waals surface area contributed by atoms with Crippen LogP contribution in [-0.2, 0) is 22.6 Å². The first kappa shape index (κ1) is 21.4. The van der Waals surface area contributed by atoms with Crippen molar-refractivity contribution in [1.82, 2.24) is 9.80 Å². The highest BCUT2D eigenvalue weighted by atomic mass is 16.5. The van der Waals surface area contributed by atoms with Crippen LogP contribution in [0, 0.1) is 5.92 Å². The number of hydrogen-bond donors (Lipinski definition) is 0. The Kier molecular flexibility index (Phi) is 6.56. The summed E-state index contributed by atoms with van der Waals surface area (Å²) in [5.41, 5.74) is 2.92. The molecule has 2 aliphatic rings. The van der Waals surface area contributed by atoms with E-state index >= 15 is 0 Å². The van der Waals surface area contributed by atoms with E-state index in [0.29, 0.717) is 13.0 Å². The largest absolute Gasteiger partial charge is 0.497 e. The van der Waals surface area contributed by atoms with Gasteiger partial charge in [0, 0.05) is 37.8 Å². The van der Waals surface area contributed by atoms with Crippen LogP contribution >= 0.6 is 0 Å². The summed E-state index contributed by atoms with van der Waals surface area (Å²) in [6, 6.07) is 15.7. The second-order valence-corrected chi connectivity index (χ2v) is 8.57. The van der Waals surface area contributed by atoms with Crippen molar-refractivity contribution in [3.05, 3.63) is 59.7 Å². The summed E-state index contributed by atoms with van der Waals surface area (Å²) in [7, 11) is 3.73. The summed E-state index contributed by atoms with van der Waals surface area (Å²) in [5.74, 6) is 1.29. The van der Waals surface area contributed by atoms with E-state index in [4.69, 9.17) is 4.74 Å². The van der Waals surface area contributed by atoms with Crippen LogP contribution in [0.4, 0.5) is 5.69 Å². The Morgan fingerprint density at radius 1 is 0.935 bits per heavy atom. The van der Waals surface area contributed by atoms with Gasteiger partial charge in [0.1, 0.15) is 5.75 Å². The van der Waals surface area contributed by atoms with Gasteiger partial charge >= 0.3 is 0 Å². The highest BCUT2D eigenvalue weighted by Crippen LogP contribution is 2.33. The molecule has 0 N–H and O–H groups in total. The Bertz CT molecular complexity index is 899. The molecule has 1 saturated heterocycles. The van der Waals surface area contributed by atoms with Crippen molar-refractivity contribution in [2.75, 3.05) is 45.2 Å². The number of carbonyl (C=O) groups excluding carboxylic acids is 2. The Balaban J connectivity index is 1.44. The van der Waals surface area contributed by atoms with Crippen LogP contribution in [0.1, 0.15) is 24.0 Å². The molecule has 31 heavy (non-hydrogen) atoms. The van der Waals surface area contributed by atoms with Gasteiger partial charge in [-0.1, -0.05) is 24.3 Å². The molecule has 6 heteroatoms. The Hall–Kier alpha value is -2.86. The third-order valence-electron chi connectivity index (χ3n) is 6.15. The van der Waals surface area contributed by atoms with Gasteiger partial charge in [0.05, 0.1) is 20.1 Å². The van der Waals surface area contributed by atoms with E-state index in [9.17, 15) is 9.59 Å². The van der Waals surface area contributed by atoms with Gasteiger partial charge in [0.2, 0.25) is 11.8 Å². The number of amides is 2. The molecule has 0 spiro atoms. The molecule has 0 unspecified atom stereocenters. The van der Waals surface area contributed by atoms with Crippen LogP contribution in [0.2, 0.25) is 0 Å². The van der Waals surface area contributed by atoms with Crippen molar-refractivity contribution in [2.45, 2.75) is 25.8 Å². The molecule has 1 heterocycles. The van der Waals surface area contributed by atoms with E-state index in [1.165, 1.54) is 0 Å². The first-order valence-electron chi connectivity index (χ1n) is 11.0. The molecular formula is C25H31N3O3. The van der Waals surface area contributed by atoms with E-state index in [2.05, 4.69) is 11.9 Å². The minimum Gasteiger partial charge on any atom is -0.497 e. The zero-order chi connectivity index (χ0) is 21.8. The number of likely N-dealkylation sites (N-methyl/N-ethyl adjacent to an activating group) is 1. The second-order valence-electron chi connectivity index (χ2n) is 8.57. The third-order valence-corrected chi connectivity index (χ3v) is 6.15. The molecule has 1 aliphatic heterocycles. The Labute approximate surface area is 184 Å². The van der Waals surface area contributed by atoms with Gasteiger partial charge in [-0.3, -0.25) is 9.59 Å². The summed E-state index contributed by atoms with van der Waals surface area (Å²) in [5, 5.41) is 0. The van der Waals surface area contributed by atoms with Gasteiger partial charge in [-0.25, -0.2) is 0 Å². The van der Waals surface area contributed by atoms with Crippen LogP contribution in [0.3, 0.4) is 0 Å². The fourth-order valence-electron chi connectivity index (χ4n) is 3.90. The molecule has 2 fully saturated rings. The highest BCUT2D eigenvalue weighted by molar-refractivity contribution is 5.96. The number of anilines is 1. The summed E-state index contributed by atoms with van der Waals surface area (Å²) >= 11 is 0. The standard InChI is InChI=1S/C25H31N3O3/c1-26-13-15-27(16-14-26)24(29)17-19-3-9-22(10-4-19)28(25(30)21-7-8-21)18-20-5-11-23(31-2)12-6-20/h3-6,9-12,21H,7-8,13-18H2,1-2H3. The van der Waals surface area contributed by atoms with E-state index < -0.39 is 0 Å². The monoisotopic (exact) mass is 421 g/mol. The molecule has 1 aliphatic carbocycles. The molecule has 2 amide bonds. The molecule has 0 atom stereocenters. The van der Waals surface area contributed by atoms with E-state index in [1.54, 1.807) is 7.11 Å². The lowest BCUT2D eigenvalue weighted by molar-refractivity contribution is -0.132. The molecular weight excluding hydrogens is 390 g/mol. The third kappa shape index (κ3) is 5.44. The van der Waals surface area contributed by atoms with Crippen LogP contribution < -0.4 is 9.64 Å². The van der Waals surface area contributed by atoms with Crippen molar-refractivity contribution in [3.8, 4) is 5.75 Å². The predicted octanol–water partition coefficient (Wildman–Crippen LogP) is 2.95. The maximum atomic E-state index is 13.0. The van der Waals surface area contributed by atoms with Gasteiger partial charge in [-0.05, 0) is 55.3 Å². The quantitative estimate of drug-likeness (QED) is 0.690. The van der Waals surface area contributed by atoms with Gasteiger partial charge in [0.15, 0.2) is 0 Å². The molecule has 0 radical (unpaired) electrons. The van der Waals surface area contributed by atoms with Crippen molar-refractivity contribution >= 4 is 17.5 Å². The second kappa shape index (κ2) is 9.52. The first-order valence-corrected chi connectivity index (χ1v) is 11.0. The average molecular weight is 422 g/mol. The number of ether oxygens (including phenoxy) is 1. The van der Waals surface area contributed by atoms with Crippen LogP contribution in [0.5, 0.6) is 5.75 Å². The van der Waals surface area contributed by atoms with Crippen molar-refractivity contribution in [1.29, 1.82) is 0 Å².